The van der Waals surface area contributed by atoms with Crippen LogP contribution in [0.1, 0.15) is 58.6 Å². The predicted octanol–water partition coefficient (Wildman–Crippen LogP) is 4.01. The number of aryl methyl sites for hydroxylation is 1. The maximum Gasteiger partial charge on any atom is 0.224 e. The molecule has 0 bridgehead atoms. The number of hydrogen-bond donors (Lipinski definition) is 1. The summed E-state index contributed by atoms with van der Waals surface area (Å²) in [6.45, 7) is 10.7. The van der Waals surface area contributed by atoms with Gasteiger partial charge in [0.2, 0.25) is 5.95 Å². The van der Waals surface area contributed by atoms with E-state index in [0.29, 0.717) is 6.04 Å². The molecule has 21 heavy (non-hydrogen) atoms. The number of nitrogens with zero attached hydrogens (tertiary/aromatic N) is 3. The standard InChI is InChI=1S/C17H30N4/c1-5-18-17-19-14(4)12-16(20-17)21(11-10-13(2)3)15-8-6-7-9-15/h12-13,15H,5-11H2,1-4H3,(H,18,19,20). The smallest absolute Gasteiger partial charge is 0.224 e. The van der Waals surface area contributed by atoms with Gasteiger partial charge in [-0.25, -0.2) is 4.98 Å². The van der Waals surface area contributed by atoms with Crippen LogP contribution in [-0.4, -0.2) is 29.1 Å². The molecule has 4 nitrogen and oxygen atoms in total. The molecule has 1 heterocycles. The molecule has 1 aromatic heterocycles. The molecule has 0 unspecified atom stereocenters. The Kier molecular flexibility index (Phi) is 5.83. The van der Waals surface area contributed by atoms with Crippen molar-refractivity contribution < 1.29 is 0 Å². The third-order valence-corrected chi connectivity index (χ3v) is 4.18. The van der Waals surface area contributed by atoms with Crippen molar-refractivity contribution in [3.05, 3.63) is 11.8 Å². The van der Waals surface area contributed by atoms with Crippen LogP contribution in [-0.2, 0) is 0 Å². The second kappa shape index (κ2) is 7.62. The highest BCUT2D eigenvalue weighted by Crippen LogP contribution is 2.28. The van der Waals surface area contributed by atoms with Gasteiger partial charge in [0.15, 0.2) is 0 Å². The molecule has 0 saturated heterocycles. The molecular formula is C17H30N4. The minimum Gasteiger partial charge on any atom is -0.354 e. The largest absolute Gasteiger partial charge is 0.354 e. The lowest BCUT2D eigenvalue weighted by Gasteiger charge is -2.31. The molecule has 2 rings (SSSR count). The fourth-order valence-electron chi connectivity index (χ4n) is 3.03. The van der Waals surface area contributed by atoms with Crippen LogP contribution in [0.15, 0.2) is 6.07 Å². The second-order valence-electron chi connectivity index (χ2n) is 6.54. The molecule has 4 heteroatoms. The Bertz CT molecular complexity index is 438. The second-order valence-corrected chi connectivity index (χ2v) is 6.54. The summed E-state index contributed by atoms with van der Waals surface area (Å²) in [5, 5.41) is 3.25. The van der Waals surface area contributed by atoms with E-state index in [2.05, 4.69) is 49.0 Å². The fraction of sp³-hybridized carbons (Fsp3) is 0.765. The molecule has 118 valence electrons. The molecule has 0 radical (unpaired) electrons. The van der Waals surface area contributed by atoms with Crippen LogP contribution >= 0.6 is 0 Å². The first kappa shape index (κ1) is 16.1. The van der Waals surface area contributed by atoms with E-state index in [1.54, 1.807) is 0 Å². The van der Waals surface area contributed by atoms with E-state index in [-0.39, 0.29) is 0 Å². The van der Waals surface area contributed by atoms with E-state index < -0.39 is 0 Å². The van der Waals surface area contributed by atoms with Crippen LogP contribution in [0.25, 0.3) is 0 Å². The molecule has 1 aliphatic rings. The molecule has 0 atom stereocenters. The van der Waals surface area contributed by atoms with Gasteiger partial charge < -0.3 is 10.2 Å². The van der Waals surface area contributed by atoms with Gasteiger partial charge in [0, 0.05) is 30.9 Å². The third-order valence-electron chi connectivity index (χ3n) is 4.18. The van der Waals surface area contributed by atoms with Crippen LogP contribution in [0.4, 0.5) is 11.8 Å². The maximum absolute atomic E-state index is 4.75. The Balaban J connectivity index is 2.21. The minimum absolute atomic E-state index is 0.660. The van der Waals surface area contributed by atoms with Crippen molar-refractivity contribution in [2.45, 2.75) is 65.8 Å². The number of aromatic nitrogens is 2. The van der Waals surface area contributed by atoms with Crippen molar-refractivity contribution in [2.75, 3.05) is 23.3 Å². The highest BCUT2D eigenvalue weighted by atomic mass is 15.2. The lowest BCUT2D eigenvalue weighted by atomic mass is 10.1. The summed E-state index contributed by atoms with van der Waals surface area (Å²) in [6.07, 6.45) is 6.53. The first-order chi connectivity index (χ1) is 10.1. The predicted molar refractivity (Wildman–Crippen MR) is 90.0 cm³/mol. The lowest BCUT2D eigenvalue weighted by molar-refractivity contribution is 0.525. The van der Waals surface area contributed by atoms with E-state index in [9.17, 15) is 0 Å². The molecule has 1 saturated carbocycles. The van der Waals surface area contributed by atoms with Crippen molar-refractivity contribution in [2.24, 2.45) is 5.92 Å². The van der Waals surface area contributed by atoms with Gasteiger partial charge in [-0.1, -0.05) is 26.7 Å². The number of anilines is 2. The van der Waals surface area contributed by atoms with E-state index in [1.165, 1.54) is 32.1 Å². The summed E-state index contributed by atoms with van der Waals surface area (Å²) in [5.74, 6) is 2.59. The van der Waals surface area contributed by atoms with Gasteiger partial charge >= 0.3 is 0 Å². The average Bonchev–Trinajstić information content (AvgIpc) is 2.92. The van der Waals surface area contributed by atoms with Gasteiger partial charge in [0.05, 0.1) is 0 Å². The average molecular weight is 290 g/mol. The van der Waals surface area contributed by atoms with Crippen LogP contribution in [0, 0.1) is 12.8 Å². The summed E-state index contributed by atoms with van der Waals surface area (Å²) in [5.41, 5.74) is 1.04. The minimum atomic E-state index is 0.660. The number of hydrogen-bond acceptors (Lipinski definition) is 4. The van der Waals surface area contributed by atoms with Gasteiger partial charge in [-0.3, -0.25) is 0 Å². The summed E-state index contributed by atoms with van der Waals surface area (Å²) < 4.78 is 0. The molecule has 1 aliphatic carbocycles. The van der Waals surface area contributed by atoms with Crippen LogP contribution < -0.4 is 10.2 Å². The van der Waals surface area contributed by atoms with E-state index >= 15 is 0 Å². The third kappa shape index (κ3) is 4.58. The summed E-state index contributed by atoms with van der Waals surface area (Å²) in [7, 11) is 0. The summed E-state index contributed by atoms with van der Waals surface area (Å²) in [4.78, 5) is 11.8. The van der Waals surface area contributed by atoms with Gasteiger partial charge in [0.25, 0.3) is 0 Å². The van der Waals surface area contributed by atoms with Gasteiger partial charge in [-0.2, -0.15) is 4.98 Å². The van der Waals surface area contributed by atoms with Crippen LogP contribution in [0.2, 0.25) is 0 Å². The quantitative estimate of drug-likeness (QED) is 0.823. The van der Waals surface area contributed by atoms with Crippen molar-refractivity contribution in [3.63, 3.8) is 0 Å². The molecule has 0 aliphatic heterocycles. The first-order valence-electron chi connectivity index (χ1n) is 8.46. The Morgan fingerprint density at radius 3 is 2.62 bits per heavy atom. The Hall–Kier alpha value is -1.32. The molecule has 1 aromatic rings. The van der Waals surface area contributed by atoms with Crippen molar-refractivity contribution in [1.29, 1.82) is 0 Å². The van der Waals surface area contributed by atoms with Crippen molar-refractivity contribution in [3.8, 4) is 0 Å². The Morgan fingerprint density at radius 2 is 2.00 bits per heavy atom. The van der Waals surface area contributed by atoms with E-state index in [1.807, 2.05) is 0 Å². The first-order valence-corrected chi connectivity index (χ1v) is 8.46. The monoisotopic (exact) mass is 290 g/mol. The number of rotatable bonds is 7. The molecule has 1 fully saturated rings. The number of nitrogens with one attached hydrogen (secondary N) is 1. The SMILES string of the molecule is CCNc1nc(C)cc(N(CCC(C)C)C2CCCC2)n1. The normalized spacial score (nSPS) is 15.7. The van der Waals surface area contributed by atoms with Crippen LogP contribution in [0.3, 0.4) is 0 Å². The van der Waals surface area contributed by atoms with Gasteiger partial charge in [-0.15, -0.1) is 0 Å². The zero-order chi connectivity index (χ0) is 15.2. The van der Waals surface area contributed by atoms with Gasteiger partial charge in [-0.05, 0) is 39.0 Å². The molecule has 0 aromatic carbocycles. The zero-order valence-corrected chi connectivity index (χ0v) is 14.0. The van der Waals surface area contributed by atoms with Crippen molar-refractivity contribution >= 4 is 11.8 Å². The summed E-state index contributed by atoms with van der Waals surface area (Å²) >= 11 is 0. The van der Waals surface area contributed by atoms with E-state index in [0.717, 1.165) is 36.5 Å². The molecule has 0 amide bonds. The van der Waals surface area contributed by atoms with E-state index in [4.69, 9.17) is 4.98 Å². The fourth-order valence-corrected chi connectivity index (χ4v) is 3.03. The Labute approximate surface area is 129 Å². The molecule has 1 N–H and O–H groups in total. The van der Waals surface area contributed by atoms with Crippen LogP contribution in [0.5, 0.6) is 0 Å². The topological polar surface area (TPSA) is 41.1 Å². The maximum atomic E-state index is 4.75. The lowest BCUT2D eigenvalue weighted by Crippen LogP contribution is -2.35. The van der Waals surface area contributed by atoms with Gasteiger partial charge in [0.1, 0.15) is 5.82 Å². The van der Waals surface area contributed by atoms with Crippen molar-refractivity contribution in [1.82, 2.24) is 9.97 Å². The molecular weight excluding hydrogens is 260 g/mol. The Morgan fingerprint density at radius 1 is 1.29 bits per heavy atom. The highest BCUT2D eigenvalue weighted by Gasteiger charge is 2.24. The molecule has 0 spiro atoms. The summed E-state index contributed by atoms with van der Waals surface area (Å²) in [6, 6.07) is 2.80. The zero-order valence-electron chi connectivity index (χ0n) is 14.0. The highest BCUT2D eigenvalue weighted by molar-refractivity contribution is 5.46.